The number of nitrogens with one attached hydrogen (secondary N) is 1. The summed E-state index contributed by atoms with van der Waals surface area (Å²) in [4.78, 5) is 0. The molecule has 1 heterocycles. The Morgan fingerprint density at radius 1 is 1.41 bits per heavy atom. The number of rotatable bonds is 1. The number of aromatic hydroxyl groups is 1. The van der Waals surface area contributed by atoms with E-state index in [2.05, 4.69) is 4.72 Å². The molecular formula is C10H14N2O4S. The monoisotopic (exact) mass is 258 g/mol. The molecule has 0 unspecified atom stereocenters. The maximum absolute atomic E-state index is 11.9. The highest BCUT2D eigenvalue weighted by atomic mass is 32.2. The molecule has 1 aliphatic heterocycles. The van der Waals surface area contributed by atoms with Crippen LogP contribution in [0.5, 0.6) is 5.75 Å². The van der Waals surface area contributed by atoms with Gasteiger partial charge in [0.05, 0.1) is 5.69 Å². The minimum Gasteiger partial charge on any atom is -0.506 e. The number of anilines is 1. The molecule has 6 nitrogen and oxygen atoms in total. The summed E-state index contributed by atoms with van der Waals surface area (Å²) in [6.45, 7) is 3.33. The molecule has 0 amide bonds. The van der Waals surface area contributed by atoms with Gasteiger partial charge in [-0.3, -0.25) is 4.72 Å². The Morgan fingerprint density at radius 2 is 2.06 bits per heavy atom. The Labute approximate surface area is 99.7 Å². The van der Waals surface area contributed by atoms with Gasteiger partial charge in [0.2, 0.25) is 0 Å². The first kappa shape index (κ1) is 12.2. The van der Waals surface area contributed by atoms with E-state index in [4.69, 9.17) is 0 Å². The Morgan fingerprint density at radius 3 is 2.65 bits per heavy atom. The van der Waals surface area contributed by atoms with Gasteiger partial charge in [-0.05, 0) is 19.9 Å². The van der Waals surface area contributed by atoms with Crippen LogP contribution < -0.4 is 4.72 Å². The lowest BCUT2D eigenvalue weighted by atomic mass is 10.1. The molecule has 0 saturated heterocycles. The van der Waals surface area contributed by atoms with Crippen LogP contribution in [0, 0.1) is 0 Å². The number of aliphatic hydroxyl groups excluding tert-OH is 1. The minimum atomic E-state index is -3.83. The SMILES string of the molecule is CC(C)N1[C@H](O)c2cccc(O)c2NS1(=O)=O. The number of nitrogens with zero attached hydrogens (tertiary/aromatic N) is 1. The molecule has 3 N–H and O–H groups in total. The molecule has 0 spiro atoms. The summed E-state index contributed by atoms with van der Waals surface area (Å²) in [5, 5.41) is 19.6. The van der Waals surface area contributed by atoms with E-state index in [9.17, 15) is 18.6 Å². The molecule has 0 radical (unpaired) electrons. The molecule has 2 rings (SSSR count). The highest BCUT2D eigenvalue weighted by molar-refractivity contribution is 7.90. The molecule has 1 aromatic carbocycles. The quantitative estimate of drug-likeness (QED) is 0.649. The van der Waals surface area contributed by atoms with Gasteiger partial charge in [-0.15, -0.1) is 0 Å². The first-order chi connectivity index (χ1) is 7.84. The van der Waals surface area contributed by atoms with Crippen LogP contribution in [0.25, 0.3) is 0 Å². The predicted molar refractivity (Wildman–Crippen MR) is 62.6 cm³/mol. The summed E-state index contributed by atoms with van der Waals surface area (Å²) in [7, 11) is -3.83. The van der Waals surface area contributed by atoms with Crippen LogP contribution >= 0.6 is 0 Å². The fraction of sp³-hybridized carbons (Fsp3) is 0.400. The third kappa shape index (κ3) is 1.86. The molecule has 0 fully saturated rings. The van der Waals surface area contributed by atoms with Crippen LogP contribution in [-0.4, -0.2) is 29.0 Å². The lowest BCUT2D eigenvalue weighted by Crippen LogP contribution is -2.46. The van der Waals surface area contributed by atoms with Crippen LogP contribution in [0.4, 0.5) is 5.69 Å². The number of hydrogen-bond donors (Lipinski definition) is 3. The third-order valence-electron chi connectivity index (χ3n) is 2.61. The fourth-order valence-electron chi connectivity index (χ4n) is 1.89. The summed E-state index contributed by atoms with van der Waals surface area (Å²) in [6.07, 6.45) is -1.29. The van der Waals surface area contributed by atoms with E-state index in [-0.39, 0.29) is 11.4 Å². The number of benzene rings is 1. The molecule has 1 atom stereocenters. The summed E-state index contributed by atoms with van der Waals surface area (Å²) in [5.74, 6) is -0.200. The summed E-state index contributed by atoms with van der Waals surface area (Å²) >= 11 is 0. The third-order valence-corrected chi connectivity index (χ3v) is 4.25. The number of fused-ring (bicyclic) bond motifs is 1. The number of phenols is 1. The van der Waals surface area contributed by atoms with Crippen LogP contribution in [0.1, 0.15) is 25.6 Å². The zero-order valence-corrected chi connectivity index (χ0v) is 10.3. The van der Waals surface area contributed by atoms with Crippen molar-refractivity contribution in [2.24, 2.45) is 0 Å². The van der Waals surface area contributed by atoms with Gasteiger partial charge in [-0.1, -0.05) is 12.1 Å². The van der Waals surface area contributed by atoms with E-state index in [1.807, 2.05) is 0 Å². The molecule has 1 aliphatic rings. The van der Waals surface area contributed by atoms with E-state index < -0.39 is 22.5 Å². The molecular weight excluding hydrogens is 244 g/mol. The second-order valence-electron chi connectivity index (χ2n) is 4.15. The maximum atomic E-state index is 11.9. The fourth-order valence-corrected chi connectivity index (χ4v) is 3.41. The van der Waals surface area contributed by atoms with E-state index in [0.29, 0.717) is 5.56 Å². The largest absolute Gasteiger partial charge is 0.506 e. The van der Waals surface area contributed by atoms with Crippen molar-refractivity contribution < 1.29 is 18.6 Å². The van der Waals surface area contributed by atoms with Crippen molar-refractivity contribution >= 4 is 15.9 Å². The Hall–Kier alpha value is -1.31. The highest BCUT2D eigenvalue weighted by Gasteiger charge is 2.39. The number of aliphatic hydroxyl groups is 1. The molecule has 0 saturated carbocycles. The van der Waals surface area contributed by atoms with E-state index in [1.54, 1.807) is 26.0 Å². The maximum Gasteiger partial charge on any atom is 0.304 e. The topological polar surface area (TPSA) is 89.9 Å². The first-order valence-corrected chi connectivity index (χ1v) is 6.60. The van der Waals surface area contributed by atoms with Gasteiger partial charge < -0.3 is 10.2 Å². The first-order valence-electron chi connectivity index (χ1n) is 5.16. The molecule has 0 bridgehead atoms. The smallest absolute Gasteiger partial charge is 0.304 e. The summed E-state index contributed by atoms with van der Waals surface area (Å²) < 4.78 is 27.0. The predicted octanol–water partition coefficient (Wildman–Crippen LogP) is 0.764. The summed E-state index contributed by atoms with van der Waals surface area (Å²) in [5.41, 5.74) is 0.380. The molecule has 0 aromatic heterocycles. The van der Waals surface area contributed by atoms with Crippen LogP contribution in [-0.2, 0) is 10.2 Å². The minimum absolute atomic E-state index is 0.0388. The number of para-hydroxylation sites is 1. The van der Waals surface area contributed by atoms with E-state index >= 15 is 0 Å². The van der Waals surface area contributed by atoms with Gasteiger partial charge in [0.15, 0.2) is 6.23 Å². The van der Waals surface area contributed by atoms with E-state index in [0.717, 1.165) is 4.31 Å². The summed E-state index contributed by atoms with van der Waals surface area (Å²) in [6, 6.07) is 4.09. The normalized spacial score (nSPS) is 23.2. The second-order valence-corrected chi connectivity index (χ2v) is 5.72. The van der Waals surface area contributed by atoms with E-state index in [1.165, 1.54) is 6.07 Å². The van der Waals surface area contributed by atoms with Gasteiger partial charge in [-0.2, -0.15) is 12.7 Å². The molecule has 7 heteroatoms. The molecule has 17 heavy (non-hydrogen) atoms. The van der Waals surface area contributed by atoms with Crippen molar-refractivity contribution in [1.29, 1.82) is 0 Å². The van der Waals surface area contributed by atoms with Crippen molar-refractivity contribution in [3.63, 3.8) is 0 Å². The van der Waals surface area contributed by atoms with Gasteiger partial charge in [0.1, 0.15) is 5.75 Å². The van der Waals surface area contributed by atoms with Crippen molar-refractivity contribution in [1.82, 2.24) is 4.31 Å². The van der Waals surface area contributed by atoms with Crippen molar-refractivity contribution in [2.45, 2.75) is 26.1 Å². The van der Waals surface area contributed by atoms with Crippen molar-refractivity contribution in [3.8, 4) is 5.75 Å². The zero-order valence-electron chi connectivity index (χ0n) is 9.45. The zero-order chi connectivity index (χ0) is 12.8. The van der Waals surface area contributed by atoms with Gasteiger partial charge in [-0.25, -0.2) is 0 Å². The Balaban J connectivity index is 2.62. The molecule has 1 aromatic rings. The van der Waals surface area contributed by atoms with Gasteiger partial charge >= 0.3 is 10.2 Å². The molecule has 94 valence electrons. The van der Waals surface area contributed by atoms with Crippen molar-refractivity contribution in [2.75, 3.05) is 4.72 Å². The Bertz CT molecular complexity index is 541. The molecule has 0 aliphatic carbocycles. The van der Waals surface area contributed by atoms with Crippen LogP contribution in [0.15, 0.2) is 18.2 Å². The number of hydrogen-bond acceptors (Lipinski definition) is 4. The van der Waals surface area contributed by atoms with Gasteiger partial charge in [0, 0.05) is 11.6 Å². The lowest BCUT2D eigenvalue weighted by molar-refractivity contribution is 0.0440. The van der Waals surface area contributed by atoms with Gasteiger partial charge in [0.25, 0.3) is 0 Å². The second kappa shape index (κ2) is 3.86. The number of phenolic OH excluding ortho intramolecular Hbond substituents is 1. The average molecular weight is 258 g/mol. The average Bonchev–Trinajstić information content (AvgIpc) is 2.18. The Kier molecular flexibility index (Phi) is 2.76. The highest BCUT2D eigenvalue weighted by Crippen LogP contribution is 2.39. The lowest BCUT2D eigenvalue weighted by Gasteiger charge is -2.36. The van der Waals surface area contributed by atoms with Crippen molar-refractivity contribution in [3.05, 3.63) is 23.8 Å². The van der Waals surface area contributed by atoms with Crippen LogP contribution in [0.2, 0.25) is 0 Å². The standard InChI is InChI=1S/C10H14N2O4S/c1-6(2)12-10(14)7-4-3-5-8(13)9(7)11-17(12,15)16/h3-6,10-11,13-14H,1-2H3/t10-/m1/s1. The van der Waals surface area contributed by atoms with Crippen LogP contribution in [0.3, 0.4) is 0 Å².